The summed E-state index contributed by atoms with van der Waals surface area (Å²) < 4.78 is 30.7. The van der Waals surface area contributed by atoms with Gasteiger partial charge >= 0.3 is 0 Å². The zero-order valence-electron chi connectivity index (χ0n) is 14.6. The third kappa shape index (κ3) is 4.70. The minimum atomic E-state index is -3.54. The number of carbonyl (C=O) groups is 2. The summed E-state index contributed by atoms with van der Waals surface area (Å²) in [6.07, 6.45) is 1.38. The van der Waals surface area contributed by atoms with Gasteiger partial charge < -0.3 is 15.1 Å². The molecule has 0 aliphatic rings. The number of furan rings is 1. The number of rotatable bonds is 7. The Labute approximate surface area is 152 Å². The van der Waals surface area contributed by atoms with E-state index in [1.807, 2.05) is 0 Å². The normalized spacial score (nSPS) is 12.6. The van der Waals surface area contributed by atoms with Crippen LogP contribution in [0.15, 0.2) is 52.0 Å². The van der Waals surface area contributed by atoms with Crippen LogP contribution in [0.4, 0.5) is 5.69 Å². The highest BCUT2D eigenvalue weighted by molar-refractivity contribution is 7.89. The third-order valence-electron chi connectivity index (χ3n) is 3.68. The van der Waals surface area contributed by atoms with Crippen molar-refractivity contribution in [3.05, 3.63) is 48.4 Å². The van der Waals surface area contributed by atoms with Crippen molar-refractivity contribution >= 4 is 27.5 Å². The molecule has 3 N–H and O–H groups in total. The summed E-state index contributed by atoms with van der Waals surface area (Å²) in [6, 6.07) is 8.03. The molecule has 0 bridgehead atoms. The SMILES string of the molecule is CNS(=O)(=O)c1ccc(NC(=O)[C@@H](NC(=O)c2ccco2)C(C)C)cc1. The number of hydrogen-bond donors (Lipinski definition) is 3. The highest BCUT2D eigenvalue weighted by Gasteiger charge is 2.25. The Balaban J connectivity index is 2.09. The molecule has 140 valence electrons. The van der Waals surface area contributed by atoms with Gasteiger partial charge in [0.25, 0.3) is 5.91 Å². The van der Waals surface area contributed by atoms with Crippen molar-refractivity contribution in [3.63, 3.8) is 0 Å². The smallest absolute Gasteiger partial charge is 0.287 e. The number of anilines is 1. The Morgan fingerprint density at radius 3 is 2.23 bits per heavy atom. The first-order valence-electron chi connectivity index (χ1n) is 7.93. The third-order valence-corrected chi connectivity index (χ3v) is 5.11. The van der Waals surface area contributed by atoms with Crippen LogP contribution >= 0.6 is 0 Å². The minimum absolute atomic E-state index is 0.0875. The molecule has 0 radical (unpaired) electrons. The fraction of sp³-hybridized carbons (Fsp3) is 0.294. The quantitative estimate of drug-likeness (QED) is 0.675. The molecule has 0 aliphatic carbocycles. The van der Waals surface area contributed by atoms with Crippen LogP contribution < -0.4 is 15.4 Å². The molecule has 2 aromatic rings. The van der Waals surface area contributed by atoms with Crippen molar-refractivity contribution in [2.75, 3.05) is 12.4 Å². The van der Waals surface area contributed by atoms with E-state index in [9.17, 15) is 18.0 Å². The summed E-state index contributed by atoms with van der Waals surface area (Å²) >= 11 is 0. The van der Waals surface area contributed by atoms with Crippen LogP contribution in [0.1, 0.15) is 24.4 Å². The number of carbonyl (C=O) groups excluding carboxylic acids is 2. The predicted molar refractivity (Wildman–Crippen MR) is 96.1 cm³/mol. The lowest BCUT2D eigenvalue weighted by molar-refractivity contribution is -0.118. The standard InChI is InChI=1S/C17H21N3O5S/c1-11(2)15(20-16(21)14-5-4-10-25-14)17(22)19-12-6-8-13(9-7-12)26(23,24)18-3/h4-11,15,18H,1-3H3,(H,19,22)(H,20,21)/t15-/m0/s1. The van der Waals surface area contributed by atoms with Crippen LogP contribution in [0.25, 0.3) is 0 Å². The molecule has 0 unspecified atom stereocenters. The van der Waals surface area contributed by atoms with Crippen LogP contribution in [0.5, 0.6) is 0 Å². The molecular weight excluding hydrogens is 358 g/mol. The van der Waals surface area contributed by atoms with E-state index in [1.54, 1.807) is 19.9 Å². The lowest BCUT2D eigenvalue weighted by Gasteiger charge is -2.21. The maximum Gasteiger partial charge on any atom is 0.287 e. The average Bonchev–Trinajstić information content (AvgIpc) is 3.14. The summed E-state index contributed by atoms with van der Waals surface area (Å²) in [5.74, 6) is -0.952. The Bertz CT molecular complexity index is 858. The van der Waals surface area contributed by atoms with Crippen LogP contribution in [0.3, 0.4) is 0 Å². The van der Waals surface area contributed by atoms with Gasteiger partial charge in [-0.2, -0.15) is 0 Å². The Hall–Kier alpha value is -2.65. The van der Waals surface area contributed by atoms with Crippen molar-refractivity contribution < 1.29 is 22.4 Å². The molecule has 26 heavy (non-hydrogen) atoms. The highest BCUT2D eigenvalue weighted by Crippen LogP contribution is 2.15. The second-order valence-electron chi connectivity index (χ2n) is 5.89. The molecule has 0 fully saturated rings. The van der Waals surface area contributed by atoms with E-state index >= 15 is 0 Å². The van der Waals surface area contributed by atoms with Gasteiger partial charge in [-0.25, -0.2) is 13.1 Å². The van der Waals surface area contributed by atoms with Crippen molar-refractivity contribution in [1.29, 1.82) is 0 Å². The first kappa shape index (κ1) is 19.7. The molecule has 1 aromatic carbocycles. The molecular formula is C17H21N3O5S. The highest BCUT2D eigenvalue weighted by atomic mass is 32.2. The summed E-state index contributed by atoms with van der Waals surface area (Å²) in [6.45, 7) is 3.60. The van der Waals surface area contributed by atoms with Gasteiger partial charge in [0.1, 0.15) is 6.04 Å². The molecule has 0 spiro atoms. The molecule has 9 heteroatoms. The van der Waals surface area contributed by atoms with Gasteiger partial charge in [-0.1, -0.05) is 13.8 Å². The predicted octanol–water partition coefficient (Wildman–Crippen LogP) is 1.58. The lowest BCUT2D eigenvalue weighted by atomic mass is 10.0. The molecule has 2 rings (SSSR count). The van der Waals surface area contributed by atoms with Gasteiger partial charge in [0.2, 0.25) is 15.9 Å². The minimum Gasteiger partial charge on any atom is -0.459 e. The summed E-state index contributed by atoms with van der Waals surface area (Å²) in [7, 11) is -2.22. The van der Waals surface area contributed by atoms with E-state index in [2.05, 4.69) is 15.4 Å². The molecule has 0 aliphatic heterocycles. The van der Waals surface area contributed by atoms with Crippen molar-refractivity contribution in [2.24, 2.45) is 5.92 Å². The summed E-state index contributed by atoms with van der Waals surface area (Å²) in [5.41, 5.74) is 0.419. The Morgan fingerprint density at radius 2 is 1.73 bits per heavy atom. The molecule has 2 amide bonds. The molecule has 8 nitrogen and oxygen atoms in total. The topological polar surface area (TPSA) is 118 Å². The van der Waals surface area contributed by atoms with Crippen LogP contribution in [-0.4, -0.2) is 33.3 Å². The lowest BCUT2D eigenvalue weighted by Crippen LogP contribution is -2.47. The van der Waals surface area contributed by atoms with Crippen LogP contribution in [0.2, 0.25) is 0 Å². The van der Waals surface area contributed by atoms with Gasteiger partial charge in [0.15, 0.2) is 5.76 Å². The second-order valence-corrected chi connectivity index (χ2v) is 7.78. The van der Waals surface area contributed by atoms with E-state index in [1.165, 1.54) is 43.6 Å². The first-order valence-corrected chi connectivity index (χ1v) is 9.41. The molecule has 1 heterocycles. The maximum absolute atomic E-state index is 12.5. The molecule has 0 saturated heterocycles. The zero-order chi connectivity index (χ0) is 19.3. The Kier molecular flexibility index (Phi) is 6.17. The van der Waals surface area contributed by atoms with E-state index < -0.39 is 27.9 Å². The average molecular weight is 379 g/mol. The molecule has 1 atom stereocenters. The largest absolute Gasteiger partial charge is 0.459 e. The van der Waals surface area contributed by atoms with Crippen LogP contribution in [0, 0.1) is 5.92 Å². The van der Waals surface area contributed by atoms with E-state index in [-0.39, 0.29) is 16.6 Å². The van der Waals surface area contributed by atoms with E-state index in [4.69, 9.17) is 4.42 Å². The van der Waals surface area contributed by atoms with Crippen molar-refractivity contribution in [1.82, 2.24) is 10.0 Å². The molecule has 0 saturated carbocycles. The second kappa shape index (κ2) is 8.15. The van der Waals surface area contributed by atoms with Crippen molar-refractivity contribution in [3.8, 4) is 0 Å². The summed E-state index contributed by atoms with van der Waals surface area (Å²) in [5, 5.41) is 5.30. The summed E-state index contributed by atoms with van der Waals surface area (Å²) in [4.78, 5) is 24.7. The number of nitrogens with one attached hydrogen (secondary N) is 3. The Morgan fingerprint density at radius 1 is 1.08 bits per heavy atom. The monoisotopic (exact) mass is 379 g/mol. The van der Waals surface area contributed by atoms with Gasteiger partial charge in [0.05, 0.1) is 11.2 Å². The van der Waals surface area contributed by atoms with Gasteiger partial charge in [-0.05, 0) is 49.4 Å². The number of sulfonamides is 1. The van der Waals surface area contributed by atoms with Crippen LogP contribution in [-0.2, 0) is 14.8 Å². The number of benzene rings is 1. The number of amides is 2. The van der Waals surface area contributed by atoms with Gasteiger partial charge in [-0.3, -0.25) is 9.59 Å². The van der Waals surface area contributed by atoms with Crippen molar-refractivity contribution in [2.45, 2.75) is 24.8 Å². The number of hydrogen-bond acceptors (Lipinski definition) is 5. The van der Waals surface area contributed by atoms with E-state index in [0.717, 1.165) is 0 Å². The molecule has 1 aromatic heterocycles. The fourth-order valence-electron chi connectivity index (χ4n) is 2.21. The maximum atomic E-state index is 12.5. The zero-order valence-corrected chi connectivity index (χ0v) is 15.5. The first-order chi connectivity index (χ1) is 12.2. The fourth-order valence-corrected chi connectivity index (χ4v) is 2.94. The van der Waals surface area contributed by atoms with Gasteiger partial charge in [-0.15, -0.1) is 0 Å². The van der Waals surface area contributed by atoms with Gasteiger partial charge in [0, 0.05) is 5.69 Å². The van der Waals surface area contributed by atoms with E-state index in [0.29, 0.717) is 5.69 Å².